The van der Waals surface area contributed by atoms with Crippen LogP contribution in [-0.2, 0) is 11.0 Å². The molecule has 0 spiro atoms. The van der Waals surface area contributed by atoms with Crippen LogP contribution in [0.5, 0.6) is 5.88 Å². The number of carbonyl (C=O) groups excluding carboxylic acids is 1. The molecule has 1 aliphatic heterocycles. The fraction of sp³-hybridized carbons (Fsp3) is 0.458. The molecule has 0 saturated carbocycles. The molecule has 1 aromatic carbocycles. The third kappa shape index (κ3) is 4.89. The number of hydrogen-bond donors (Lipinski definition) is 2. The molecule has 36 heavy (non-hydrogen) atoms. The molecule has 1 aliphatic rings. The van der Waals surface area contributed by atoms with Gasteiger partial charge in [-0.3, -0.25) is 4.79 Å². The second-order valence-electron chi connectivity index (χ2n) is 9.18. The van der Waals surface area contributed by atoms with Crippen LogP contribution in [-0.4, -0.2) is 56.6 Å². The van der Waals surface area contributed by atoms with E-state index in [9.17, 15) is 27.5 Å². The molecule has 1 amide bonds. The molecule has 1 atom stereocenters. The van der Waals surface area contributed by atoms with E-state index in [-0.39, 0.29) is 17.8 Å². The molecule has 4 rings (SSSR count). The number of nitrogens with zero attached hydrogens (tertiary/aromatic N) is 5. The van der Waals surface area contributed by atoms with E-state index in [4.69, 9.17) is 0 Å². The van der Waals surface area contributed by atoms with Crippen molar-refractivity contribution in [2.24, 2.45) is 0 Å². The third-order valence-electron chi connectivity index (χ3n) is 6.37. The minimum Gasteiger partial charge on any atom is -0.493 e. The molecule has 0 bridgehead atoms. The van der Waals surface area contributed by atoms with Crippen LogP contribution in [0.25, 0.3) is 10.9 Å². The molecule has 0 aliphatic carbocycles. The van der Waals surface area contributed by atoms with Crippen molar-refractivity contribution in [1.29, 1.82) is 0 Å². The van der Waals surface area contributed by atoms with E-state index in [1.807, 2.05) is 18.7 Å². The molecule has 1 fully saturated rings. The van der Waals surface area contributed by atoms with E-state index in [2.05, 4.69) is 15.3 Å². The lowest BCUT2D eigenvalue weighted by Crippen LogP contribution is -2.48. The lowest BCUT2D eigenvalue weighted by atomic mass is 10.0. The summed E-state index contributed by atoms with van der Waals surface area (Å²) in [6.07, 6.45) is -3.08. The van der Waals surface area contributed by atoms with Crippen LogP contribution in [0.15, 0.2) is 24.4 Å². The van der Waals surface area contributed by atoms with E-state index in [0.717, 1.165) is 12.1 Å². The van der Waals surface area contributed by atoms with Gasteiger partial charge in [0.1, 0.15) is 17.2 Å². The first kappa shape index (κ1) is 25.5. The number of anilines is 2. The summed E-state index contributed by atoms with van der Waals surface area (Å²) in [6.45, 7) is 8.98. The van der Waals surface area contributed by atoms with Crippen LogP contribution in [0, 0.1) is 5.82 Å². The number of benzene rings is 1. The average molecular weight is 509 g/mol. The van der Waals surface area contributed by atoms with E-state index < -0.39 is 23.6 Å². The predicted molar refractivity (Wildman–Crippen MR) is 127 cm³/mol. The number of alkyl halides is 3. The van der Waals surface area contributed by atoms with Crippen molar-refractivity contribution in [3.8, 4) is 5.88 Å². The van der Waals surface area contributed by atoms with Crippen LogP contribution in [0.1, 0.15) is 50.9 Å². The van der Waals surface area contributed by atoms with Crippen molar-refractivity contribution in [1.82, 2.24) is 19.4 Å². The highest BCUT2D eigenvalue weighted by molar-refractivity contribution is 5.94. The van der Waals surface area contributed by atoms with Gasteiger partial charge in [-0.1, -0.05) is 6.07 Å². The molecule has 2 aromatic heterocycles. The monoisotopic (exact) mass is 508 g/mol. The Balaban J connectivity index is 1.71. The van der Waals surface area contributed by atoms with Gasteiger partial charge in [-0.15, -0.1) is 0 Å². The molecular weight excluding hydrogens is 480 g/mol. The summed E-state index contributed by atoms with van der Waals surface area (Å²) in [5.74, 6) is -0.712. The van der Waals surface area contributed by atoms with Gasteiger partial charge in [0.25, 0.3) is 0 Å². The zero-order valence-electron chi connectivity index (χ0n) is 20.4. The largest absolute Gasteiger partial charge is 0.493 e. The average Bonchev–Trinajstić information content (AvgIpc) is 3.15. The number of fused-ring (bicyclic) bond motifs is 1. The van der Waals surface area contributed by atoms with E-state index in [1.54, 1.807) is 22.6 Å². The highest BCUT2D eigenvalue weighted by atomic mass is 19.4. The number of nitrogens with one attached hydrogen (secondary N) is 1. The molecule has 0 unspecified atom stereocenters. The Kier molecular flexibility index (Phi) is 6.72. The van der Waals surface area contributed by atoms with Crippen molar-refractivity contribution in [3.05, 3.63) is 41.3 Å². The Morgan fingerprint density at radius 2 is 1.78 bits per heavy atom. The van der Waals surface area contributed by atoms with Gasteiger partial charge in [0, 0.05) is 45.3 Å². The highest BCUT2D eigenvalue weighted by Crippen LogP contribution is 2.36. The van der Waals surface area contributed by atoms with E-state index >= 15 is 0 Å². The molecule has 0 radical (unpaired) electrons. The Morgan fingerprint density at radius 1 is 1.11 bits per heavy atom. The number of amides is 1. The maximum absolute atomic E-state index is 14.2. The zero-order valence-corrected chi connectivity index (χ0v) is 20.4. The number of piperazine rings is 1. The third-order valence-corrected chi connectivity index (χ3v) is 6.37. The second-order valence-corrected chi connectivity index (χ2v) is 9.18. The fourth-order valence-corrected chi connectivity index (χ4v) is 4.26. The zero-order chi connectivity index (χ0) is 26.4. The van der Waals surface area contributed by atoms with Crippen molar-refractivity contribution >= 4 is 28.6 Å². The number of rotatable bonds is 5. The van der Waals surface area contributed by atoms with Gasteiger partial charge in [0.2, 0.25) is 17.7 Å². The topological polar surface area (TPSA) is 86.5 Å². The smallest absolute Gasteiger partial charge is 0.419 e. The van der Waals surface area contributed by atoms with Gasteiger partial charge in [-0.25, -0.2) is 9.37 Å². The summed E-state index contributed by atoms with van der Waals surface area (Å²) >= 11 is 0. The molecule has 1 saturated heterocycles. The second kappa shape index (κ2) is 9.47. The van der Waals surface area contributed by atoms with E-state index in [1.165, 1.54) is 13.0 Å². The van der Waals surface area contributed by atoms with Crippen molar-refractivity contribution in [3.63, 3.8) is 0 Å². The van der Waals surface area contributed by atoms with Crippen LogP contribution in [0.2, 0.25) is 0 Å². The lowest BCUT2D eigenvalue weighted by molar-refractivity contribution is -0.140. The summed E-state index contributed by atoms with van der Waals surface area (Å²) in [4.78, 5) is 24.5. The first-order chi connectivity index (χ1) is 16.9. The minimum absolute atomic E-state index is 0.0161. The van der Waals surface area contributed by atoms with Gasteiger partial charge >= 0.3 is 6.18 Å². The van der Waals surface area contributed by atoms with Gasteiger partial charge in [-0.2, -0.15) is 18.2 Å². The van der Waals surface area contributed by atoms with Crippen LogP contribution in [0.3, 0.4) is 0 Å². The lowest BCUT2D eigenvalue weighted by Gasteiger charge is -2.34. The molecule has 3 aromatic rings. The Morgan fingerprint density at radius 3 is 2.33 bits per heavy atom. The van der Waals surface area contributed by atoms with Gasteiger partial charge in [-0.05, 0) is 38.5 Å². The summed E-state index contributed by atoms with van der Waals surface area (Å²) in [5, 5.41) is 14.5. The summed E-state index contributed by atoms with van der Waals surface area (Å²) in [5.41, 5.74) is -0.707. The maximum atomic E-state index is 14.2. The predicted octanol–water partition coefficient (Wildman–Crippen LogP) is 4.72. The molecule has 3 heterocycles. The standard InChI is InChI=1S/C24H28F4N6O2/c1-13(2)34-12-17-20(22(34)36)30-23(33-9-7-32(8-10-33)15(4)35)31-21(17)29-14(3)16-5-6-18(19(25)11-16)24(26,27)28/h5-6,11-14,36H,7-10H2,1-4H3,(H,29,30,31)/t14-/m1/s1. The Labute approximate surface area is 205 Å². The number of halogens is 4. The fourth-order valence-electron chi connectivity index (χ4n) is 4.26. The van der Waals surface area contributed by atoms with Crippen molar-refractivity contribution < 1.29 is 27.5 Å². The van der Waals surface area contributed by atoms with Crippen molar-refractivity contribution in [2.45, 2.75) is 46.0 Å². The summed E-state index contributed by atoms with van der Waals surface area (Å²) in [7, 11) is 0. The molecule has 194 valence electrons. The van der Waals surface area contributed by atoms with Crippen LogP contribution in [0.4, 0.5) is 29.3 Å². The molecule has 12 heteroatoms. The highest BCUT2D eigenvalue weighted by Gasteiger charge is 2.34. The number of aromatic hydroxyl groups is 1. The van der Waals surface area contributed by atoms with Crippen LogP contribution < -0.4 is 10.2 Å². The Hall–Kier alpha value is -3.57. The van der Waals surface area contributed by atoms with E-state index in [0.29, 0.717) is 54.4 Å². The normalized spacial score (nSPS) is 15.6. The molecule has 8 nitrogen and oxygen atoms in total. The minimum atomic E-state index is -4.78. The first-order valence-corrected chi connectivity index (χ1v) is 11.6. The van der Waals surface area contributed by atoms with Crippen molar-refractivity contribution in [2.75, 3.05) is 36.4 Å². The summed E-state index contributed by atoms with van der Waals surface area (Å²) in [6, 6.07) is 2.13. The first-order valence-electron chi connectivity index (χ1n) is 11.6. The van der Waals surface area contributed by atoms with Gasteiger partial charge < -0.3 is 24.8 Å². The number of aromatic nitrogens is 3. The number of carbonyl (C=O) groups is 1. The van der Waals surface area contributed by atoms with Crippen LogP contribution >= 0.6 is 0 Å². The quantitative estimate of drug-likeness (QED) is 0.486. The van der Waals surface area contributed by atoms with Gasteiger partial charge in [0.05, 0.1) is 17.0 Å². The number of hydrogen-bond acceptors (Lipinski definition) is 6. The molecule has 2 N–H and O–H groups in total. The summed E-state index contributed by atoms with van der Waals surface area (Å²) < 4.78 is 54.8. The van der Waals surface area contributed by atoms with Gasteiger partial charge in [0.15, 0.2) is 0 Å². The maximum Gasteiger partial charge on any atom is 0.419 e. The Bertz CT molecular complexity index is 1280. The molecular formula is C24H28F4N6O2. The SMILES string of the molecule is CC(=O)N1CCN(c2nc(N[C@H](C)c3ccc(C(F)(F)F)c(F)c3)c3cn(C(C)C)c(O)c3n2)CC1.